The summed E-state index contributed by atoms with van der Waals surface area (Å²) in [5.74, 6) is -0.769. The fraction of sp³-hybridized carbons (Fsp3) is 0.167. The topological polar surface area (TPSA) is 66.4 Å². The van der Waals surface area contributed by atoms with Gasteiger partial charge in [-0.25, -0.2) is 4.79 Å². The van der Waals surface area contributed by atoms with Gasteiger partial charge in [-0.3, -0.25) is 4.79 Å². The highest BCUT2D eigenvalue weighted by molar-refractivity contribution is 5.88. The maximum Gasteiger partial charge on any atom is 0.335 e. The van der Waals surface area contributed by atoms with Crippen LogP contribution in [0.25, 0.3) is 0 Å². The number of carbonyl (C=O) groups is 2. The van der Waals surface area contributed by atoms with Crippen molar-refractivity contribution < 1.29 is 14.7 Å². The second-order valence-electron chi connectivity index (χ2n) is 6.72. The Morgan fingerprint density at radius 2 is 1.43 bits per heavy atom. The molecule has 0 saturated carbocycles. The van der Waals surface area contributed by atoms with E-state index in [0.717, 1.165) is 23.2 Å². The molecule has 1 atom stereocenters. The van der Waals surface area contributed by atoms with Gasteiger partial charge >= 0.3 is 5.97 Å². The number of hydrogen-bond donors (Lipinski definition) is 2. The van der Waals surface area contributed by atoms with Crippen molar-refractivity contribution in [2.45, 2.75) is 25.3 Å². The molecule has 0 amide bonds. The number of aryl methyl sites for hydroxylation is 1. The Morgan fingerprint density at radius 1 is 0.821 bits per heavy atom. The molecular formula is C24H23NO3. The van der Waals surface area contributed by atoms with Gasteiger partial charge < -0.3 is 10.4 Å². The zero-order chi connectivity index (χ0) is 19.8. The van der Waals surface area contributed by atoms with Crippen LogP contribution in [0, 0.1) is 0 Å². The van der Waals surface area contributed by atoms with E-state index in [1.54, 1.807) is 24.3 Å². The lowest BCUT2D eigenvalue weighted by atomic mass is 9.97. The molecule has 3 aromatic carbocycles. The van der Waals surface area contributed by atoms with Crippen LogP contribution in [0.15, 0.2) is 84.9 Å². The van der Waals surface area contributed by atoms with Crippen molar-refractivity contribution in [2.75, 3.05) is 5.32 Å². The van der Waals surface area contributed by atoms with Crippen LogP contribution in [0.2, 0.25) is 0 Å². The summed E-state index contributed by atoms with van der Waals surface area (Å²) in [7, 11) is 0. The Kier molecular flexibility index (Phi) is 6.58. The summed E-state index contributed by atoms with van der Waals surface area (Å²) in [4.78, 5) is 23.6. The van der Waals surface area contributed by atoms with E-state index < -0.39 is 5.97 Å². The van der Waals surface area contributed by atoms with Crippen molar-refractivity contribution in [2.24, 2.45) is 0 Å². The number of rotatable bonds is 9. The Bertz CT molecular complexity index is 906. The second-order valence-corrected chi connectivity index (χ2v) is 6.72. The molecule has 0 spiro atoms. The van der Waals surface area contributed by atoms with Crippen LogP contribution in [0.5, 0.6) is 0 Å². The third-order valence-electron chi connectivity index (χ3n) is 4.64. The fourth-order valence-corrected chi connectivity index (χ4v) is 3.11. The van der Waals surface area contributed by atoms with Crippen LogP contribution in [0.4, 0.5) is 5.69 Å². The number of nitrogens with one attached hydrogen (secondary N) is 1. The minimum atomic E-state index is -0.956. The maximum atomic E-state index is 12.6. The first-order chi connectivity index (χ1) is 13.6. The molecule has 2 N–H and O–H groups in total. The summed E-state index contributed by atoms with van der Waals surface area (Å²) in [5, 5.41) is 12.4. The minimum Gasteiger partial charge on any atom is -0.478 e. The van der Waals surface area contributed by atoms with Gasteiger partial charge in [0.05, 0.1) is 11.6 Å². The van der Waals surface area contributed by atoms with Crippen LogP contribution < -0.4 is 5.32 Å². The first kappa shape index (κ1) is 19.4. The first-order valence-electron chi connectivity index (χ1n) is 9.32. The highest BCUT2D eigenvalue weighted by Crippen LogP contribution is 2.24. The number of carboxylic acids is 1. The molecule has 28 heavy (non-hydrogen) atoms. The zero-order valence-corrected chi connectivity index (χ0v) is 15.5. The Balaban J connectivity index is 1.68. The Morgan fingerprint density at radius 3 is 2.04 bits per heavy atom. The van der Waals surface area contributed by atoms with E-state index in [2.05, 4.69) is 5.32 Å². The summed E-state index contributed by atoms with van der Waals surface area (Å²) in [6, 6.07) is 26.2. The molecule has 0 aliphatic carbocycles. The molecule has 4 heteroatoms. The maximum absolute atomic E-state index is 12.6. The van der Waals surface area contributed by atoms with Crippen molar-refractivity contribution in [3.05, 3.63) is 102 Å². The van der Waals surface area contributed by atoms with Crippen molar-refractivity contribution >= 4 is 17.4 Å². The summed E-state index contributed by atoms with van der Waals surface area (Å²) < 4.78 is 0. The van der Waals surface area contributed by atoms with Crippen LogP contribution in [-0.4, -0.2) is 16.9 Å². The van der Waals surface area contributed by atoms with E-state index in [4.69, 9.17) is 5.11 Å². The number of aromatic carboxylic acids is 1. The molecule has 0 aliphatic rings. The largest absolute Gasteiger partial charge is 0.478 e. The van der Waals surface area contributed by atoms with E-state index >= 15 is 0 Å². The van der Waals surface area contributed by atoms with Crippen LogP contribution in [0.3, 0.4) is 0 Å². The average Bonchev–Trinajstić information content (AvgIpc) is 2.73. The Hall–Kier alpha value is -3.40. The number of carboxylic acid groups (broad SMARTS) is 1. The van der Waals surface area contributed by atoms with Gasteiger partial charge in [0.25, 0.3) is 0 Å². The van der Waals surface area contributed by atoms with Gasteiger partial charge in [0, 0.05) is 18.5 Å². The monoisotopic (exact) mass is 373 g/mol. The molecule has 3 aromatic rings. The van der Waals surface area contributed by atoms with E-state index in [1.165, 1.54) is 0 Å². The summed E-state index contributed by atoms with van der Waals surface area (Å²) >= 11 is 0. The molecule has 0 heterocycles. The lowest BCUT2D eigenvalue weighted by Gasteiger charge is -2.20. The number of carbonyl (C=O) groups excluding carboxylic acids is 1. The van der Waals surface area contributed by atoms with Gasteiger partial charge in [-0.05, 0) is 41.8 Å². The highest BCUT2D eigenvalue weighted by Gasteiger charge is 2.16. The van der Waals surface area contributed by atoms with E-state index in [9.17, 15) is 9.59 Å². The number of ketones is 1. The third-order valence-corrected chi connectivity index (χ3v) is 4.64. The molecule has 0 saturated heterocycles. The molecule has 0 fully saturated rings. The zero-order valence-electron chi connectivity index (χ0n) is 15.5. The summed E-state index contributed by atoms with van der Waals surface area (Å²) in [6.07, 6.45) is 1.60. The van der Waals surface area contributed by atoms with Crippen molar-refractivity contribution in [3.8, 4) is 0 Å². The fourth-order valence-electron chi connectivity index (χ4n) is 3.11. The lowest BCUT2D eigenvalue weighted by molar-refractivity contribution is -0.119. The van der Waals surface area contributed by atoms with Crippen LogP contribution in [-0.2, 0) is 11.2 Å². The first-order valence-corrected chi connectivity index (χ1v) is 9.32. The predicted molar refractivity (Wildman–Crippen MR) is 111 cm³/mol. The molecule has 0 aliphatic heterocycles. The molecule has 1 unspecified atom stereocenters. The van der Waals surface area contributed by atoms with Crippen LogP contribution >= 0.6 is 0 Å². The minimum absolute atomic E-state index is 0.167. The summed E-state index contributed by atoms with van der Waals surface area (Å²) in [6.45, 7) is 0. The molecule has 0 aromatic heterocycles. The average molecular weight is 373 g/mol. The van der Waals surface area contributed by atoms with Gasteiger partial charge in [0.15, 0.2) is 0 Å². The predicted octanol–water partition coefficient (Wildman–Crippen LogP) is 5.13. The normalized spacial score (nSPS) is 11.6. The van der Waals surface area contributed by atoms with E-state index in [1.807, 2.05) is 60.7 Å². The van der Waals surface area contributed by atoms with Gasteiger partial charge in [-0.15, -0.1) is 0 Å². The van der Waals surface area contributed by atoms with Gasteiger partial charge in [0.1, 0.15) is 5.78 Å². The van der Waals surface area contributed by atoms with Crippen molar-refractivity contribution in [1.82, 2.24) is 0 Å². The molecule has 3 rings (SSSR count). The summed E-state index contributed by atoms with van der Waals surface area (Å²) in [5.41, 5.74) is 3.21. The number of benzene rings is 3. The number of anilines is 1. The van der Waals surface area contributed by atoms with Crippen molar-refractivity contribution in [1.29, 1.82) is 0 Å². The SMILES string of the molecule is O=C(CCc1ccccc1)CC(Nc1ccc(C(=O)O)cc1)c1ccccc1. The van der Waals surface area contributed by atoms with Crippen LogP contribution in [0.1, 0.15) is 40.4 Å². The standard InChI is InChI=1S/C24H23NO3/c26-22(16-11-18-7-3-1-4-8-18)17-23(19-9-5-2-6-10-19)25-21-14-12-20(13-15-21)24(27)28/h1-10,12-15,23,25H,11,16-17H2,(H,27,28). The molecule has 142 valence electrons. The molecule has 0 bridgehead atoms. The number of hydrogen-bond acceptors (Lipinski definition) is 3. The van der Waals surface area contributed by atoms with Gasteiger partial charge in [0.2, 0.25) is 0 Å². The molecular weight excluding hydrogens is 350 g/mol. The molecule has 4 nitrogen and oxygen atoms in total. The van der Waals surface area contributed by atoms with Gasteiger partial charge in [-0.1, -0.05) is 60.7 Å². The van der Waals surface area contributed by atoms with E-state index in [0.29, 0.717) is 12.8 Å². The third kappa shape index (κ3) is 5.55. The Labute approximate surface area is 164 Å². The van der Waals surface area contributed by atoms with Crippen molar-refractivity contribution in [3.63, 3.8) is 0 Å². The quantitative estimate of drug-likeness (QED) is 0.546. The van der Waals surface area contributed by atoms with E-state index in [-0.39, 0.29) is 17.4 Å². The lowest BCUT2D eigenvalue weighted by Crippen LogP contribution is -2.16. The highest BCUT2D eigenvalue weighted by atomic mass is 16.4. The molecule has 0 radical (unpaired) electrons. The number of Topliss-reactive ketones (excluding diaryl/α,β-unsaturated/α-hetero) is 1. The second kappa shape index (κ2) is 9.51. The smallest absolute Gasteiger partial charge is 0.335 e. The van der Waals surface area contributed by atoms with Gasteiger partial charge in [-0.2, -0.15) is 0 Å².